The molecule has 0 radical (unpaired) electrons. The van der Waals surface area contributed by atoms with Crippen molar-refractivity contribution in [2.24, 2.45) is 23.2 Å². The molecule has 24 heavy (non-hydrogen) atoms. The predicted octanol–water partition coefficient (Wildman–Crippen LogP) is 3.87. The van der Waals surface area contributed by atoms with E-state index in [0.717, 1.165) is 37.0 Å². The molecule has 0 unspecified atom stereocenters. The first kappa shape index (κ1) is 15.8. The van der Waals surface area contributed by atoms with Crippen LogP contribution in [0.15, 0.2) is 18.2 Å². The van der Waals surface area contributed by atoms with Crippen LogP contribution in [0.25, 0.3) is 0 Å². The molecule has 0 spiro atoms. The Bertz CT molecular complexity index is 601. The van der Waals surface area contributed by atoms with E-state index >= 15 is 0 Å². The molecule has 0 heterocycles. The van der Waals surface area contributed by atoms with E-state index in [1.807, 2.05) is 12.1 Å². The summed E-state index contributed by atoms with van der Waals surface area (Å²) in [6.45, 7) is 0.168. The fourth-order valence-corrected chi connectivity index (χ4v) is 5.66. The number of carbonyl (C=O) groups is 1. The van der Waals surface area contributed by atoms with E-state index in [4.69, 9.17) is 14.2 Å². The first-order valence-corrected chi connectivity index (χ1v) is 9.00. The molecular formula is C20H26O4. The van der Waals surface area contributed by atoms with E-state index in [1.165, 1.54) is 19.3 Å². The standard InChI is InChI=1S/C20H26O4/c1-22-17-4-3-16(8-18(17)23-2)24-12-19(21)20-9-13-5-14(10-20)7-15(6-13)11-20/h3-4,8,13-15H,5-7,9-12H2,1-2H3. The fourth-order valence-electron chi connectivity index (χ4n) is 5.66. The third-order valence-corrected chi connectivity index (χ3v) is 6.35. The molecule has 0 aliphatic heterocycles. The monoisotopic (exact) mass is 330 g/mol. The second-order valence-electron chi connectivity index (χ2n) is 7.93. The second kappa shape index (κ2) is 5.98. The third-order valence-electron chi connectivity index (χ3n) is 6.35. The smallest absolute Gasteiger partial charge is 0.176 e. The zero-order valence-electron chi connectivity index (χ0n) is 14.5. The Hall–Kier alpha value is -1.71. The summed E-state index contributed by atoms with van der Waals surface area (Å²) in [5, 5.41) is 0. The minimum atomic E-state index is -0.0920. The van der Waals surface area contributed by atoms with E-state index in [2.05, 4.69) is 0 Å². The number of rotatable bonds is 6. The average Bonchev–Trinajstić information content (AvgIpc) is 2.58. The number of hydrogen-bond acceptors (Lipinski definition) is 4. The van der Waals surface area contributed by atoms with Crippen LogP contribution in [0.4, 0.5) is 0 Å². The molecule has 0 N–H and O–H groups in total. The van der Waals surface area contributed by atoms with Crippen molar-refractivity contribution in [1.29, 1.82) is 0 Å². The van der Waals surface area contributed by atoms with E-state index in [9.17, 15) is 4.79 Å². The largest absolute Gasteiger partial charge is 0.493 e. The van der Waals surface area contributed by atoms with Crippen molar-refractivity contribution in [3.05, 3.63) is 18.2 Å². The van der Waals surface area contributed by atoms with Crippen LogP contribution in [-0.2, 0) is 4.79 Å². The minimum Gasteiger partial charge on any atom is -0.493 e. The van der Waals surface area contributed by atoms with Gasteiger partial charge in [-0.15, -0.1) is 0 Å². The molecule has 130 valence electrons. The van der Waals surface area contributed by atoms with Crippen molar-refractivity contribution in [3.8, 4) is 17.2 Å². The van der Waals surface area contributed by atoms with Gasteiger partial charge in [-0.05, 0) is 68.4 Å². The number of carbonyl (C=O) groups excluding carboxylic acids is 1. The summed E-state index contributed by atoms with van der Waals surface area (Å²) in [7, 11) is 3.21. The van der Waals surface area contributed by atoms with Crippen LogP contribution in [0.3, 0.4) is 0 Å². The highest BCUT2D eigenvalue weighted by Gasteiger charge is 2.54. The van der Waals surface area contributed by atoms with Crippen LogP contribution in [0.5, 0.6) is 17.2 Å². The Kier molecular flexibility index (Phi) is 3.93. The van der Waals surface area contributed by atoms with Gasteiger partial charge in [-0.3, -0.25) is 4.79 Å². The van der Waals surface area contributed by atoms with Crippen LogP contribution in [-0.4, -0.2) is 26.6 Å². The van der Waals surface area contributed by atoms with E-state index in [0.29, 0.717) is 23.0 Å². The molecule has 0 atom stereocenters. The molecule has 4 heteroatoms. The number of benzene rings is 1. The van der Waals surface area contributed by atoms with Crippen LogP contribution < -0.4 is 14.2 Å². The quantitative estimate of drug-likeness (QED) is 0.794. The molecule has 4 nitrogen and oxygen atoms in total. The van der Waals surface area contributed by atoms with Crippen LogP contribution >= 0.6 is 0 Å². The summed E-state index contributed by atoms with van der Waals surface area (Å²) in [6, 6.07) is 5.42. The molecule has 4 fully saturated rings. The molecule has 4 aliphatic rings. The van der Waals surface area contributed by atoms with Crippen molar-refractivity contribution in [1.82, 2.24) is 0 Å². The van der Waals surface area contributed by atoms with Gasteiger partial charge in [0, 0.05) is 11.5 Å². The molecule has 0 amide bonds. The molecular weight excluding hydrogens is 304 g/mol. The Morgan fingerprint density at radius 2 is 1.58 bits per heavy atom. The van der Waals surface area contributed by atoms with Gasteiger partial charge in [0.25, 0.3) is 0 Å². The first-order valence-electron chi connectivity index (χ1n) is 9.00. The van der Waals surface area contributed by atoms with Gasteiger partial charge in [-0.2, -0.15) is 0 Å². The highest BCUT2D eigenvalue weighted by Crippen LogP contribution is 2.60. The number of ether oxygens (including phenoxy) is 3. The highest BCUT2D eigenvalue weighted by atomic mass is 16.5. The predicted molar refractivity (Wildman–Crippen MR) is 90.7 cm³/mol. The van der Waals surface area contributed by atoms with E-state index < -0.39 is 0 Å². The summed E-state index contributed by atoms with van der Waals surface area (Å²) < 4.78 is 16.3. The maximum Gasteiger partial charge on any atom is 0.176 e. The molecule has 5 rings (SSSR count). The lowest BCUT2D eigenvalue weighted by atomic mass is 9.48. The van der Waals surface area contributed by atoms with Gasteiger partial charge in [0.2, 0.25) is 0 Å². The van der Waals surface area contributed by atoms with Gasteiger partial charge >= 0.3 is 0 Å². The van der Waals surface area contributed by atoms with Crippen LogP contribution in [0.2, 0.25) is 0 Å². The molecule has 0 saturated heterocycles. The van der Waals surface area contributed by atoms with Crippen molar-refractivity contribution in [3.63, 3.8) is 0 Å². The summed E-state index contributed by atoms with van der Waals surface area (Å²) in [4.78, 5) is 13.0. The summed E-state index contributed by atoms with van der Waals surface area (Å²) in [5.74, 6) is 4.58. The maximum absolute atomic E-state index is 13.0. The Balaban J connectivity index is 1.44. The number of hydrogen-bond donors (Lipinski definition) is 0. The van der Waals surface area contributed by atoms with Gasteiger partial charge in [-0.25, -0.2) is 0 Å². The van der Waals surface area contributed by atoms with Crippen LogP contribution in [0, 0.1) is 23.2 Å². The van der Waals surface area contributed by atoms with E-state index in [1.54, 1.807) is 20.3 Å². The average molecular weight is 330 g/mol. The lowest BCUT2D eigenvalue weighted by Gasteiger charge is -2.55. The molecule has 4 bridgehead atoms. The summed E-state index contributed by atoms with van der Waals surface area (Å²) in [5.41, 5.74) is -0.0920. The molecule has 1 aromatic rings. The van der Waals surface area contributed by atoms with Crippen molar-refractivity contribution in [2.75, 3.05) is 20.8 Å². The maximum atomic E-state index is 13.0. The first-order chi connectivity index (χ1) is 11.6. The number of methoxy groups -OCH3 is 2. The number of Topliss-reactive ketones (excluding diaryl/α,β-unsaturated/α-hetero) is 1. The second-order valence-corrected chi connectivity index (χ2v) is 7.93. The van der Waals surface area contributed by atoms with Crippen molar-refractivity contribution < 1.29 is 19.0 Å². The van der Waals surface area contributed by atoms with Crippen LogP contribution in [0.1, 0.15) is 38.5 Å². The topological polar surface area (TPSA) is 44.8 Å². The molecule has 4 aliphatic carbocycles. The Morgan fingerprint density at radius 3 is 2.12 bits per heavy atom. The SMILES string of the molecule is COc1ccc(OCC(=O)C23CC4CC(CC(C4)C2)C3)cc1OC. The fraction of sp³-hybridized carbons (Fsp3) is 0.650. The van der Waals surface area contributed by atoms with Crippen molar-refractivity contribution >= 4 is 5.78 Å². The lowest BCUT2D eigenvalue weighted by Crippen LogP contribution is -2.51. The zero-order valence-corrected chi connectivity index (χ0v) is 14.5. The molecule has 1 aromatic carbocycles. The Labute approximate surface area is 143 Å². The van der Waals surface area contributed by atoms with Gasteiger partial charge in [0.1, 0.15) is 12.4 Å². The highest BCUT2D eigenvalue weighted by molar-refractivity contribution is 5.86. The summed E-state index contributed by atoms with van der Waals surface area (Å²) in [6.07, 6.45) is 7.32. The number of ketones is 1. The Morgan fingerprint density at radius 1 is 1.00 bits per heavy atom. The summed E-state index contributed by atoms with van der Waals surface area (Å²) >= 11 is 0. The van der Waals surface area contributed by atoms with Gasteiger partial charge in [0.15, 0.2) is 17.3 Å². The van der Waals surface area contributed by atoms with Gasteiger partial charge in [0.05, 0.1) is 14.2 Å². The van der Waals surface area contributed by atoms with E-state index in [-0.39, 0.29) is 12.0 Å². The molecule has 0 aromatic heterocycles. The zero-order chi connectivity index (χ0) is 16.7. The van der Waals surface area contributed by atoms with Gasteiger partial charge in [-0.1, -0.05) is 0 Å². The lowest BCUT2D eigenvalue weighted by molar-refractivity contribution is -0.145. The normalized spacial score (nSPS) is 33.3. The third kappa shape index (κ3) is 2.66. The van der Waals surface area contributed by atoms with Gasteiger partial charge < -0.3 is 14.2 Å². The minimum absolute atomic E-state index is 0.0920. The molecule has 4 saturated carbocycles. The van der Waals surface area contributed by atoms with Crippen molar-refractivity contribution in [2.45, 2.75) is 38.5 Å².